The molecular weight excluding hydrogens is 373 g/mol. The molecule has 2 aromatic carbocycles. The second-order valence-corrected chi connectivity index (χ2v) is 6.63. The molecule has 0 fully saturated rings. The van der Waals surface area contributed by atoms with Gasteiger partial charge in [0.2, 0.25) is 0 Å². The maximum Gasteiger partial charge on any atom is 0.303 e. The molecule has 0 saturated heterocycles. The van der Waals surface area contributed by atoms with Gasteiger partial charge in [-0.25, -0.2) is 0 Å². The van der Waals surface area contributed by atoms with E-state index in [1.54, 1.807) is 19.2 Å². The summed E-state index contributed by atoms with van der Waals surface area (Å²) in [7, 11) is 1.59. The van der Waals surface area contributed by atoms with Crippen molar-refractivity contribution in [2.45, 2.75) is 12.8 Å². The zero-order chi connectivity index (χ0) is 18.7. The van der Waals surface area contributed by atoms with Crippen molar-refractivity contribution in [3.05, 3.63) is 70.3 Å². The smallest absolute Gasteiger partial charge is 0.303 e. The van der Waals surface area contributed by atoms with E-state index >= 15 is 0 Å². The Hall–Kier alpha value is -2.43. The number of nitrogens with zero attached hydrogens (tertiary/aromatic N) is 1. The van der Waals surface area contributed by atoms with Crippen LogP contribution in [0.3, 0.4) is 0 Å². The Labute approximate surface area is 161 Å². The van der Waals surface area contributed by atoms with Crippen molar-refractivity contribution in [1.82, 2.24) is 4.57 Å². The molecule has 4 nitrogen and oxygen atoms in total. The third kappa shape index (κ3) is 3.87. The van der Waals surface area contributed by atoms with Crippen LogP contribution in [0.15, 0.2) is 54.6 Å². The number of carbonyl (C=O) groups is 1. The Bertz CT molecular complexity index is 933. The van der Waals surface area contributed by atoms with E-state index in [0.29, 0.717) is 22.2 Å². The predicted octanol–water partition coefficient (Wildman–Crippen LogP) is 5.48. The van der Waals surface area contributed by atoms with Crippen LogP contribution in [-0.4, -0.2) is 22.8 Å². The van der Waals surface area contributed by atoms with Crippen molar-refractivity contribution in [1.29, 1.82) is 0 Å². The topological polar surface area (TPSA) is 51.5 Å². The Morgan fingerprint density at radius 3 is 2.38 bits per heavy atom. The Morgan fingerprint density at radius 1 is 1.04 bits per heavy atom. The fourth-order valence-electron chi connectivity index (χ4n) is 2.88. The van der Waals surface area contributed by atoms with E-state index in [9.17, 15) is 4.79 Å². The number of aryl methyl sites for hydroxylation is 1. The highest BCUT2D eigenvalue weighted by molar-refractivity contribution is 6.31. The van der Waals surface area contributed by atoms with Crippen LogP contribution in [-0.2, 0) is 11.2 Å². The van der Waals surface area contributed by atoms with Crippen molar-refractivity contribution < 1.29 is 14.6 Å². The lowest BCUT2D eigenvalue weighted by Crippen LogP contribution is -2.06. The average Bonchev–Trinajstić information content (AvgIpc) is 3.04. The number of methoxy groups -OCH3 is 1. The summed E-state index contributed by atoms with van der Waals surface area (Å²) in [5, 5.41) is 10.3. The number of carboxylic acid groups (broad SMARTS) is 1. The van der Waals surface area contributed by atoms with Crippen LogP contribution in [0.5, 0.6) is 5.75 Å². The molecular formula is C20H17Cl2NO3. The molecule has 0 aliphatic carbocycles. The van der Waals surface area contributed by atoms with E-state index in [0.717, 1.165) is 22.6 Å². The second-order valence-electron chi connectivity index (χ2n) is 5.76. The fourth-order valence-corrected chi connectivity index (χ4v) is 3.17. The number of aromatic nitrogens is 1. The summed E-state index contributed by atoms with van der Waals surface area (Å²) >= 11 is 12.2. The van der Waals surface area contributed by atoms with Crippen LogP contribution in [0, 0.1) is 0 Å². The fraction of sp³-hybridized carbons (Fsp3) is 0.150. The van der Waals surface area contributed by atoms with Gasteiger partial charge in [0, 0.05) is 15.7 Å². The summed E-state index contributed by atoms with van der Waals surface area (Å²) in [4.78, 5) is 11.0. The SMILES string of the molecule is COc1ccc(Cl)cc1-n1c(CCC(=O)O)ccc1-c1ccc(Cl)cc1. The largest absolute Gasteiger partial charge is 0.495 e. The number of halogens is 2. The van der Waals surface area contributed by atoms with Crippen LogP contribution in [0.2, 0.25) is 10.0 Å². The molecule has 3 rings (SSSR count). The number of carboxylic acids is 1. The van der Waals surface area contributed by atoms with Gasteiger partial charge >= 0.3 is 5.97 Å². The monoisotopic (exact) mass is 389 g/mol. The number of hydrogen-bond acceptors (Lipinski definition) is 2. The summed E-state index contributed by atoms with van der Waals surface area (Å²) in [6.07, 6.45) is 0.422. The second kappa shape index (κ2) is 7.85. The Balaban J connectivity index is 2.19. The first-order valence-electron chi connectivity index (χ1n) is 8.02. The lowest BCUT2D eigenvalue weighted by Gasteiger charge is -2.17. The van der Waals surface area contributed by atoms with Crippen LogP contribution >= 0.6 is 23.2 Å². The van der Waals surface area contributed by atoms with Crippen LogP contribution in [0.25, 0.3) is 16.9 Å². The molecule has 0 saturated carbocycles. The molecule has 0 spiro atoms. The summed E-state index contributed by atoms with van der Waals surface area (Å²) in [5.74, 6) is -0.193. The van der Waals surface area contributed by atoms with Crippen LogP contribution in [0.4, 0.5) is 0 Å². The number of ether oxygens (including phenoxy) is 1. The van der Waals surface area contributed by atoms with Gasteiger partial charge in [-0.15, -0.1) is 0 Å². The molecule has 0 atom stereocenters. The van der Waals surface area contributed by atoms with Gasteiger partial charge in [-0.05, 0) is 54.4 Å². The highest BCUT2D eigenvalue weighted by atomic mass is 35.5. The molecule has 6 heteroatoms. The zero-order valence-corrected chi connectivity index (χ0v) is 15.6. The first-order chi connectivity index (χ1) is 12.5. The molecule has 1 N–H and O–H groups in total. The first kappa shape index (κ1) is 18.4. The zero-order valence-electron chi connectivity index (χ0n) is 14.1. The standard InChI is InChI=1S/C20H17Cl2NO3/c1-26-19-10-6-15(22)12-18(19)23-16(8-11-20(24)25)7-9-17(23)13-2-4-14(21)5-3-13/h2-7,9-10,12H,8,11H2,1H3,(H,24,25). The van der Waals surface area contributed by atoms with Gasteiger partial charge in [-0.2, -0.15) is 0 Å². The predicted molar refractivity (Wildman–Crippen MR) is 104 cm³/mol. The number of benzene rings is 2. The van der Waals surface area contributed by atoms with Crippen molar-refractivity contribution in [2.75, 3.05) is 7.11 Å². The summed E-state index contributed by atoms with van der Waals surface area (Å²) < 4.78 is 7.48. The lowest BCUT2D eigenvalue weighted by molar-refractivity contribution is -0.136. The van der Waals surface area contributed by atoms with E-state index < -0.39 is 5.97 Å². The van der Waals surface area contributed by atoms with Gasteiger partial charge in [-0.3, -0.25) is 4.79 Å². The molecule has 0 radical (unpaired) electrons. The molecule has 0 bridgehead atoms. The van der Waals surface area contributed by atoms with E-state index in [4.69, 9.17) is 33.0 Å². The number of hydrogen-bond donors (Lipinski definition) is 1. The van der Waals surface area contributed by atoms with Crippen LogP contribution < -0.4 is 4.74 Å². The molecule has 134 valence electrons. The Morgan fingerprint density at radius 2 is 1.73 bits per heavy atom. The molecule has 0 unspecified atom stereocenters. The highest BCUT2D eigenvalue weighted by Crippen LogP contribution is 2.34. The minimum Gasteiger partial charge on any atom is -0.495 e. The molecule has 3 aromatic rings. The van der Waals surface area contributed by atoms with E-state index in [2.05, 4.69) is 0 Å². The third-order valence-corrected chi connectivity index (χ3v) is 4.57. The molecule has 26 heavy (non-hydrogen) atoms. The third-order valence-electron chi connectivity index (χ3n) is 4.08. The Kier molecular flexibility index (Phi) is 5.55. The van der Waals surface area contributed by atoms with Crippen molar-refractivity contribution in [3.63, 3.8) is 0 Å². The molecule has 0 aliphatic heterocycles. The van der Waals surface area contributed by atoms with Gasteiger partial charge in [-0.1, -0.05) is 35.3 Å². The van der Waals surface area contributed by atoms with Crippen molar-refractivity contribution in [2.24, 2.45) is 0 Å². The lowest BCUT2D eigenvalue weighted by atomic mass is 10.1. The summed E-state index contributed by atoms with van der Waals surface area (Å²) in [6.45, 7) is 0. The maximum absolute atomic E-state index is 11.0. The quantitative estimate of drug-likeness (QED) is 0.607. The van der Waals surface area contributed by atoms with Gasteiger partial charge in [0.05, 0.1) is 24.9 Å². The number of aliphatic carboxylic acids is 1. The maximum atomic E-state index is 11.0. The van der Waals surface area contributed by atoms with E-state index in [1.807, 2.05) is 47.0 Å². The van der Waals surface area contributed by atoms with Crippen molar-refractivity contribution in [3.8, 4) is 22.7 Å². The van der Waals surface area contributed by atoms with Gasteiger partial charge < -0.3 is 14.4 Å². The number of rotatable bonds is 6. The summed E-state index contributed by atoms with van der Waals surface area (Å²) in [5.41, 5.74) is 3.48. The van der Waals surface area contributed by atoms with Gasteiger partial charge in [0.25, 0.3) is 0 Å². The van der Waals surface area contributed by atoms with E-state index in [1.165, 1.54) is 0 Å². The van der Waals surface area contributed by atoms with Crippen molar-refractivity contribution >= 4 is 29.2 Å². The highest BCUT2D eigenvalue weighted by Gasteiger charge is 2.16. The van der Waals surface area contributed by atoms with Crippen LogP contribution in [0.1, 0.15) is 12.1 Å². The molecule has 1 heterocycles. The van der Waals surface area contributed by atoms with Gasteiger partial charge in [0.1, 0.15) is 5.75 Å². The summed E-state index contributed by atoms with van der Waals surface area (Å²) in [6, 6.07) is 16.7. The first-order valence-corrected chi connectivity index (χ1v) is 8.77. The minimum absolute atomic E-state index is 0.0347. The average molecular weight is 390 g/mol. The molecule has 1 aromatic heterocycles. The van der Waals surface area contributed by atoms with E-state index in [-0.39, 0.29) is 6.42 Å². The minimum atomic E-state index is -0.844. The van der Waals surface area contributed by atoms with Gasteiger partial charge in [0.15, 0.2) is 0 Å². The molecule has 0 amide bonds. The molecule has 0 aliphatic rings. The normalized spacial score (nSPS) is 10.7.